The first-order chi connectivity index (χ1) is 18.8. The van der Waals surface area contributed by atoms with Gasteiger partial charge < -0.3 is 24.5 Å². The second kappa shape index (κ2) is 12.2. The Morgan fingerprint density at radius 1 is 1.21 bits per heavy atom. The Labute approximate surface area is 236 Å². The molecule has 8 nitrogen and oxygen atoms in total. The molecular formula is C30H41N3O5S. The minimum absolute atomic E-state index is 0.0710. The summed E-state index contributed by atoms with van der Waals surface area (Å²) in [5, 5.41) is 10.0. The Bertz CT molecular complexity index is 1090. The molecule has 0 aliphatic carbocycles. The van der Waals surface area contributed by atoms with Crippen LogP contribution in [0.15, 0.2) is 49.6 Å². The normalized spacial score (nSPS) is 27.7. The monoisotopic (exact) mass is 555 g/mol. The molecule has 1 aromatic carbocycles. The molecule has 2 unspecified atom stereocenters. The van der Waals surface area contributed by atoms with Gasteiger partial charge in [-0.25, -0.2) is 0 Å². The van der Waals surface area contributed by atoms with Crippen LogP contribution in [0.25, 0.3) is 0 Å². The van der Waals surface area contributed by atoms with Gasteiger partial charge in [0.15, 0.2) is 0 Å². The zero-order valence-corrected chi connectivity index (χ0v) is 24.1. The Morgan fingerprint density at radius 2 is 1.87 bits per heavy atom. The van der Waals surface area contributed by atoms with Crippen molar-refractivity contribution in [3.8, 4) is 0 Å². The molecule has 3 fully saturated rings. The van der Waals surface area contributed by atoms with E-state index in [9.17, 15) is 19.5 Å². The van der Waals surface area contributed by atoms with E-state index < -0.39 is 28.7 Å². The minimum atomic E-state index is -0.805. The maximum Gasteiger partial charge on any atom is 0.310 e. The fraction of sp³-hybridized carbons (Fsp3) is 0.567. The van der Waals surface area contributed by atoms with Crippen molar-refractivity contribution < 1.29 is 24.2 Å². The molecule has 1 aromatic rings. The van der Waals surface area contributed by atoms with Crippen LogP contribution in [0, 0.1) is 11.8 Å². The zero-order valence-electron chi connectivity index (χ0n) is 23.3. The maximum atomic E-state index is 14.5. The molecule has 2 amide bonds. The number of likely N-dealkylation sites (tertiary alicyclic amines) is 1. The standard InChI is InChI=1S/C30H41N3O5S/c1-6-10-18-38-29(37)24-23-15-16-30(39-23)25(24)27(35)33(20(5)19-34)26(30)28(36)32(17-7-2)22-13-11-21(12-14-22)31(8-3)9-4/h6-7,11-14,20,23-26,34H,1-2,8-10,15-19H2,3-5H3/t20-,23+,24-,25+,26?,30?/m1/s1. The number of amides is 2. The number of hydrogen-bond acceptors (Lipinski definition) is 7. The Balaban J connectivity index is 1.71. The minimum Gasteiger partial charge on any atom is -0.465 e. The van der Waals surface area contributed by atoms with Gasteiger partial charge in [-0.1, -0.05) is 12.2 Å². The highest BCUT2D eigenvalue weighted by Crippen LogP contribution is 2.67. The van der Waals surface area contributed by atoms with E-state index >= 15 is 0 Å². The fourth-order valence-corrected chi connectivity index (χ4v) is 8.76. The molecule has 3 aliphatic rings. The smallest absolute Gasteiger partial charge is 0.310 e. The average molecular weight is 556 g/mol. The van der Waals surface area contributed by atoms with Crippen molar-refractivity contribution in [3.63, 3.8) is 0 Å². The van der Waals surface area contributed by atoms with Crippen LogP contribution in [0.1, 0.15) is 40.0 Å². The van der Waals surface area contributed by atoms with Gasteiger partial charge in [0.05, 0.1) is 35.8 Å². The first-order valence-electron chi connectivity index (χ1n) is 13.9. The van der Waals surface area contributed by atoms with E-state index in [1.54, 1.807) is 40.6 Å². The largest absolute Gasteiger partial charge is 0.465 e. The second-order valence-corrected chi connectivity index (χ2v) is 12.1. The van der Waals surface area contributed by atoms with Gasteiger partial charge in [0.1, 0.15) is 6.04 Å². The van der Waals surface area contributed by atoms with Crippen molar-refractivity contribution in [2.45, 2.75) is 62.1 Å². The topological polar surface area (TPSA) is 90.4 Å². The number of rotatable bonds is 13. The van der Waals surface area contributed by atoms with Crippen LogP contribution in [0.4, 0.5) is 11.4 Å². The summed E-state index contributed by atoms with van der Waals surface area (Å²) in [4.78, 5) is 47.2. The molecule has 0 radical (unpaired) electrons. The number of carbonyl (C=O) groups is 3. The number of anilines is 2. The molecule has 39 heavy (non-hydrogen) atoms. The molecule has 6 atom stereocenters. The van der Waals surface area contributed by atoms with E-state index in [0.717, 1.165) is 30.9 Å². The summed E-state index contributed by atoms with van der Waals surface area (Å²) in [5.41, 5.74) is 1.79. The number of fused-ring (bicyclic) bond motifs is 1. The van der Waals surface area contributed by atoms with Crippen LogP contribution in [0.3, 0.4) is 0 Å². The molecule has 1 spiro atoms. The van der Waals surface area contributed by atoms with E-state index in [0.29, 0.717) is 12.8 Å². The highest BCUT2D eigenvalue weighted by Gasteiger charge is 2.74. The molecule has 0 saturated carbocycles. The molecule has 3 saturated heterocycles. The second-order valence-electron chi connectivity index (χ2n) is 10.5. The number of benzene rings is 1. The van der Waals surface area contributed by atoms with E-state index in [-0.39, 0.29) is 42.8 Å². The third-order valence-electron chi connectivity index (χ3n) is 8.42. The quantitative estimate of drug-likeness (QED) is 0.226. The number of thioether (sulfide) groups is 1. The van der Waals surface area contributed by atoms with Crippen LogP contribution in [-0.4, -0.2) is 82.7 Å². The fourth-order valence-electron chi connectivity index (χ4n) is 6.57. The van der Waals surface area contributed by atoms with E-state index in [1.807, 2.05) is 24.3 Å². The number of carbonyl (C=O) groups excluding carboxylic acids is 3. The Hall–Kier alpha value is -2.78. The van der Waals surface area contributed by atoms with E-state index in [4.69, 9.17) is 4.74 Å². The third kappa shape index (κ3) is 4.99. The number of hydrogen-bond donors (Lipinski definition) is 1. The summed E-state index contributed by atoms with van der Waals surface area (Å²) in [6.07, 6.45) is 5.30. The average Bonchev–Trinajstić information content (AvgIpc) is 3.59. The molecule has 212 valence electrons. The number of esters is 1. The number of aliphatic hydroxyl groups is 1. The van der Waals surface area contributed by atoms with Crippen LogP contribution in [0.5, 0.6) is 0 Å². The van der Waals surface area contributed by atoms with Gasteiger partial charge in [0, 0.05) is 36.3 Å². The van der Waals surface area contributed by atoms with Gasteiger partial charge in [0.2, 0.25) is 5.91 Å². The molecule has 4 rings (SSSR count). The lowest BCUT2D eigenvalue weighted by molar-refractivity contribution is -0.154. The summed E-state index contributed by atoms with van der Waals surface area (Å²) in [6, 6.07) is 6.50. The highest BCUT2D eigenvalue weighted by molar-refractivity contribution is 8.02. The number of nitrogens with zero attached hydrogens (tertiary/aromatic N) is 3. The van der Waals surface area contributed by atoms with Gasteiger partial charge in [-0.15, -0.1) is 24.9 Å². The number of aliphatic hydroxyl groups excluding tert-OH is 1. The zero-order chi connectivity index (χ0) is 28.3. The van der Waals surface area contributed by atoms with Gasteiger partial charge in [-0.05, 0) is 64.3 Å². The Morgan fingerprint density at radius 3 is 2.46 bits per heavy atom. The lowest BCUT2D eigenvalue weighted by Gasteiger charge is -2.39. The molecule has 9 heteroatoms. The van der Waals surface area contributed by atoms with Crippen molar-refractivity contribution in [1.29, 1.82) is 0 Å². The highest BCUT2D eigenvalue weighted by atomic mass is 32.2. The summed E-state index contributed by atoms with van der Waals surface area (Å²) in [7, 11) is 0. The van der Waals surface area contributed by atoms with Crippen LogP contribution in [-0.2, 0) is 19.1 Å². The van der Waals surface area contributed by atoms with Crippen molar-refractivity contribution >= 4 is 40.9 Å². The predicted octanol–water partition coefficient (Wildman–Crippen LogP) is 3.64. The van der Waals surface area contributed by atoms with E-state index in [1.165, 1.54) is 0 Å². The number of ether oxygens (including phenoxy) is 1. The van der Waals surface area contributed by atoms with Crippen molar-refractivity contribution in [2.24, 2.45) is 11.8 Å². The SMILES string of the molecule is C=CCCOC(=O)[C@@H]1[C@@H]2CCC3(S2)C(C(=O)N(CC=C)c2ccc(N(CC)CC)cc2)N([C@H](C)CO)C(=O)[C@H]13. The summed E-state index contributed by atoms with van der Waals surface area (Å²) < 4.78 is 4.79. The molecule has 3 aliphatic heterocycles. The van der Waals surface area contributed by atoms with Gasteiger partial charge in [0.25, 0.3) is 5.91 Å². The predicted molar refractivity (Wildman–Crippen MR) is 156 cm³/mol. The summed E-state index contributed by atoms with van der Waals surface area (Å²) in [6.45, 7) is 15.5. The molecule has 1 N–H and O–H groups in total. The summed E-state index contributed by atoms with van der Waals surface area (Å²) in [5.74, 6) is -2.10. The van der Waals surface area contributed by atoms with Gasteiger partial charge in [-0.2, -0.15) is 0 Å². The molecule has 3 heterocycles. The molecular weight excluding hydrogens is 514 g/mol. The third-order valence-corrected chi connectivity index (χ3v) is 10.4. The first kappa shape index (κ1) is 29.2. The summed E-state index contributed by atoms with van der Waals surface area (Å²) >= 11 is 1.59. The van der Waals surface area contributed by atoms with Crippen molar-refractivity contribution in [1.82, 2.24) is 4.90 Å². The van der Waals surface area contributed by atoms with Gasteiger partial charge >= 0.3 is 5.97 Å². The Kier molecular flexibility index (Phi) is 9.11. The lowest BCUT2D eigenvalue weighted by atomic mass is 9.71. The van der Waals surface area contributed by atoms with Crippen LogP contribution in [0.2, 0.25) is 0 Å². The molecule has 2 bridgehead atoms. The van der Waals surface area contributed by atoms with E-state index in [2.05, 4.69) is 31.9 Å². The lowest BCUT2D eigenvalue weighted by Crippen LogP contribution is -2.57. The van der Waals surface area contributed by atoms with Crippen LogP contribution < -0.4 is 9.80 Å². The maximum absolute atomic E-state index is 14.5. The van der Waals surface area contributed by atoms with Crippen molar-refractivity contribution in [2.75, 3.05) is 42.6 Å². The first-order valence-corrected chi connectivity index (χ1v) is 14.8. The van der Waals surface area contributed by atoms with Gasteiger partial charge in [-0.3, -0.25) is 14.4 Å². The molecule has 0 aromatic heterocycles. The van der Waals surface area contributed by atoms with Crippen molar-refractivity contribution in [3.05, 3.63) is 49.6 Å². The van der Waals surface area contributed by atoms with Crippen LogP contribution >= 0.6 is 11.8 Å².